The van der Waals surface area contributed by atoms with Crippen molar-refractivity contribution in [3.8, 4) is 0 Å². The first-order chi connectivity index (χ1) is 64.7. The van der Waals surface area contributed by atoms with Crippen LogP contribution in [0.15, 0.2) is 128 Å². The van der Waals surface area contributed by atoms with E-state index in [0.717, 1.165) is 196 Å². The highest BCUT2D eigenvalue weighted by atomic mass is 16.5. The Kier molecular flexibility index (Phi) is 23.9. The molecule has 37 nitrogen and oxygen atoms in total. The third-order valence-corrected chi connectivity index (χ3v) is 26.2. The minimum Gasteiger partial charge on any atom is -0.395 e. The number of fused-ring (bicyclic) bond motifs is 20. The molecule has 0 radical (unpaired) electrons. The van der Waals surface area contributed by atoms with Crippen LogP contribution in [0.4, 0.5) is 40.2 Å². The number of likely N-dealkylation sites (tertiary alicyclic amines) is 1. The number of rotatable bonds is 17. The van der Waals surface area contributed by atoms with E-state index in [1.54, 1.807) is 28.2 Å². The molecular formula is C96H112N30O7. The number of hydrogen-bond donors (Lipinski definition) is 11. The number of piperazine rings is 3. The number of amides is 4. The summed E-state index contributed by atoms with van der Waals surface area (Å²) in [6.07, 6.45) is 5.17. The van der Waals surface area contributed by atoms with Crippen LogP contribution < -0.4 is 72.8 Å². The zero-order valence-electron chi connectivity index (χ0n) is 76.6. The smallest absolute Gasteiger partial charge is 0.256 e. The highest BCUT2D eigenvalue weighted by Crippen LogP contribution is 2.43. The zero-order valence-corrected chi connectivity index (χ0v) is 76.6. The molecule has 4 aromatic carbocycles. The Bertz CT molecular complexity index is 7190. The van der Waals surface area contributed by atoms with Crippen LogP contribution in [0.25, 0.3) is 111 Å². The van der Waals surface area contributed by atoms with Crippen LogP contribution in [0.2, 0.25) is 0 Å². The standard InChI is InChI=1S/C25H30N8O.C24H28N8O2.C24H26N6O2.C23H28N8O2/c1-15-13-32(14-16(2)27-15)20-12-17-22(31-10-6-7-11-31)21(25(34)26-3)24-28-18-8-4-5-9-19(18)33(24)23(17)30-29-20;1-13-9-31(10-14(2)26-13)19-8-16-21(27-15-11-34-12-15)20(24(33)25-3)23-28-17-6-4-5-7-18(17)32(23)22(16)30-29-19;1-25-24(31)20-21(27-16-12-32-13-16)17-8-14(7-15-10-29(2)11-15)9-26-22(17)30-19-6-4-3-5-18(19)28-23(20)30;1-13-11-30(12-14(2)26-13)18-10-15-20(25-8-9-32)19(23(33)24-3)22-27-16-6-4-5-7-17(16)31(22)21(15)29-28-18/h4-5,8-9,12,15-16,27H,6-7,10-11,13-14H2,1-3H3,(H,26,34);4-8,13-15,26-27H,9-12H2,1-3H3,(H,25,33);3-6,8-9,15-16,27H,7,10-13H2,1-2H3,(H,25,31);4-7,10,13-14,25-26,32H,8-9,11-12H2,1-3H3,(H,24,33)/t15-,16+;13-,14+;;13-,14+. The van der Waals surface area contributed by atoms with Gasteiger partial charge in [0.05, 0.1) is 112 Å². The van der Waals surface area contributed by atoms with Gasteiger partial charge in [0, 0.05) is 164 Å². The third-order valence-electron chi connectivity index (χ3n) is 26.2. The lowest BCUT2D eigenvalue weighted by molar-refractivity contribution is 0.0211. The lowest BCUT2D eigenvalue weighted by atomic mass is 9.93. The van der Waals surface area contributed by atoms with Crippen LogP contribution in [0, 0.1) is 5.92 Å². The fourth-order valence-electron chi connectivity index (χ4n) is 20.4. The topological polar surface area (TPSA) is 403 Å². The van der Waals surface area contributed by atoms with Crippen molar-refractivity contribution >= 4 is 175 Å². The number of pyridine rings is 5. The van der Waals surface area contributed by atoms with Crippen molar-refractivity contribution in [2.45, 2.75) is 109 Å². The van der Waals surface area contributed by atoms with Gasteiger partial charge in [0.15, 0.2) is 57.0 Å². The van der Waals surface area contributed by atoms with Gasteiger partial charge in [0.25, 0.3) is 23.6 Å². The fraction of sp³-hybridized carbons (Fsp3) is 0.406. The van der Waals surface area contributed by atoms with Gasteiger partial charge in [-0.1, -0.05) is 48.5 Å². The van der Waals surface area contributed by atoms with E-state index in [1.807, 2.05) is 127 Å². The molecule has 16 aromatic rings. The van der Waals surface area contributed by atoms with E-state index < -0.39 is 0 Å². The molecule has 0 unspecified atom stereocenters. The molecule has 133 heavy (non-hydrogen) atoms. The van der Waals surface area contributed by atoms with Crippen LogP contribution in [0.1, 0.15) is 101 Å². The monoisotopic (exact) mass is 1800 g/mol. The number of hydrogen-bond acceptors (Lipinski definition) is 29. The van der Waals surface area contributed by atoms with E-state index in [9.17, 15) is 24.3 Å². The number of aliphatic hydroxyl groups excluding tert-OH is 1. The van der Waals surface area contributed by atoms with Crippen LogP contribution in [-0.4, -0.2) is 295 Å². The molecule has 0 saturated carbocycles. The number of imidazole rings is 4. The molecule has 7 aliphatic rings. The Hall–Kier alpha value is -13.7. The first kappa shape index (κ1) is 87.3. The molecule has 0 spiro atoms. The normalized spacial score (nSPS) is 19.7. The van der Waals surface area contributed by atoms with Gasteiger partial charge >= 0.3 is 0 Å². The van der Waals surface area contributed by atoms with Crippen LogP contribution in [0.5, 0.6) is 0 Å². The zero-order chi connectivity index (χ0) is 91.7. The molecule has 12 aromatic heterocycles. The summed E-state index contributed by atoms with van der Waals surface area (Å²) in [5.74, 6) is 2.28. The highest BCUT2D eigenvalue weighted by molar-refractivity contribution is 6.18. The van der Waals surface area contributed by atoms with Gasteiger partial charge in [-0.3, -0.25) is 36.8 Å². The lowest BCUT2D eigenvalue weighted by Gasteiger charge is -2.36. The van der Waals surface area contributed by atoms with Gasteiger partial charge in [0.1, 0.15) is 27.9 Å². The summed E-state index contributed by atoms with van der Waals surface area (Å²) >= 11 is 0. The average Bonchev–Trinajstić information content (AvgIpc) is 1.60. The first-order valence-corrected chi connectivity index (χ1v) is 46.1. The summed E-state index contributed by atoms with van der Waals surface area (Å²) in [5.41, 5.74) is 18.2. The van der Waals surface area contributed by atoms with E-state index >= 15 is 0 Å². The molecule has 19 heterocycles. The van der Waals surface area contributed by atoms with E-state index in [0.29, 0.717) is 130 Å². The second-order valence-electron chi connectivity index (χ2n) is 36.4. The molecule has 7 fully saturated rings. The maximum atomic E-state index is 13.4. The van der Waals surface area contributed by atoms with E-state index in [-0.39, 0.29) is 48.9 Å². The number of nitrogens with zero attached hydrogens (tertiary/aromatic N) is 20. The number of aliphatic hydroxyl groups is 1. The Morgan fingerprint density at radius 3 is 1.11 bits per heavy atom. The molecular weight excluding hydrogens is 1690 g/mol. The maximum Gasteiger partial charge on any atom is 0.256 e. The second kappa shape index (κ2) is 36.5. The second-order valence-corrected chi connectivity index (χ2v) is 36.4. The van der Waals surface area contributed by atoms with Crippen LogP contribution in [0.3, 0.4) is 0 Å². The van der Waals surface area contributed by atoms with Crippen LogP contribution >= 0.6 is 0 Å². The van der Waals surface area contributed by atoms with Crippen molar-refractivity contribution in [3.63, 3.8) is 0 Å². The van der Waals surface area contributed by atoms with Gasteiger partial charge in [-0.25, -0.2) is 24.9 Å². The quantitative estimate of drug-likeness (QED) is 0.0410. The van der Waals surface area contributed by atoms with E-state index in [4.69, 9.17) is 44.6 Å². The van der Waals surface area contributed by atoms with Crippen molar-refractivity contribution in [3.05, 3.63) is 155 Å². The summed E-state index contributed by atoms with van der Waals surface area (Å²) < 4.78 is 18.6. The van der Waals surface area contributed by atoms with Gasteiger partial charge in [-0.05, 0) is 152 Å². The van der Waals surface area contributed by atoms with Gasteiger partial charge < -0.3 is 92.2 Å². The summed E-state index contributed by atoms with van der Waals surface area (Å²) in [7, 11) is 8.72. The Morgan fingerprint density at radius 1 is 0.406 bits per heavy atom. The number of carbonyl (C=O) groups excluding carboxylic acids is 4. The third kappa shape index (κ3) is 16.3. The number of para-hydroxylation sites is 8. The Labute approximate surface area is 765 Å². The van der Waals surface area contributed by atoms with Crippen LogP contribution in [-0.2, 0) is 15.9 Å². The molecule has 7 aliphatic heterocycles. The summed E-state index contributed by atoms with van der Waals surface area (Å²) in [6, 6.07) is 42.1. The minimum atomic E-state index is -0.263. The van der Waals surface area contributed by atoms with E-state index in [1.165, 1.54) is 5.56 Å². The number of ether oxygens (including phenoxy) is 2. The molecule has 7 saturated heterocycles. The van der Waals surface area contributed by atoms with Crippen molar-refractivity contribution in [1.29, 1.82) is 0 Å². The SMILES string of the molecule is CNC(=O)c1c(N2CCCC2)c2cc(N3C[C@@H](C)N[C@@H](C)C3)nnc2n2c1nc1ccccc12.CNC(=O)c1c(NC2COC2)c2cc(CC3CN(C)C3)cnc2n2c1nc1ccccc12.CNC(=O)c1c(NC2COC2)c2cc(N3C[C@@H](C)N[C@@H](C)C3)nnc2n2c1nc1ccccc12.CNC(=O)c1c(NCCO)c2cc(N3C[C@@H](C)N[C@@H](C)C3)nnc2n2c1nc1ccccc12. The Morgan fingerprint density at radius 2 is 0.744 bits per heavy atom. The molecule has 0 bridgehead atoms. The van der Waals surface area contributed by atoms with Crippen molar-refractivity contribution in [1.82, 2.24) is 115 Å². The maximum absolute atomic E-state index is 13.4. The lowest BCUT2D eigenvalue weighted by Crippen LogP contribution is -2.54. The number of carbonyl (C=O) groups is 4. The first-order valence-electron chi connectivity index (χ1n) is 46.1. The fourth-order valence-corrected chi connectivity index (χ4v) is 20.4. The number of nitrogens with one attached hydrogen (secondary N) is 10. The van der Waals surface area contributed by atoms with Gasteiger partial charge in [0.2, 0.25) is 0 Å². The predicted octanol–water partition coefficient (Wildman–Crippen LogP) is 8.06. The van der Waals surface area contributed by atoms with Crippen molar-refractivity contribution in [2.75, 3.05) is 176 Å². The van der Waals surface area contributed by atoms with Gasteiger partial charge in [-0.15, -0.1) is 30.6 Å². The molecule has 688 valence electrons. The highest BCUT2D eigenvalue weighted by Gasteiger charge is 2.37. The Balaban J connectivity index is 0.000000110. The number of anilines is 7. The minimum absolute atomic E-state index is 0.0749. The summed E-state index contributed by atoms with van der Waals surface area (Å²) in [6.45, 7) is 24.7. The average molecular weight is 1800 g/mol. The number of benzene rings is 4. The van der Waals surface area contributed by atoms with Gasteiger partial charge in [-0.2, -0.15) is 0 Å². The number of aromatic nitrogens is 15. The molecule has 6 atom stereocenters. The largest absolute Gasteiger partial charge is 0.395 e. The van der Waals surface area contributed by atoms with E-state index in [2.05, 4.69) is 165 Å². The predicted molar refractivity (Wildman–Crippen MR) is 520 cm³/mol. The molecule has 4 amide bonds. The van der Waals surface area contributed by atoms with Crippen molar-refractivity contribution < 1.29 is 33.8 Å². The molecule has 0 aliphatic carbocycles. The molecule has 37 heteroatoms. The summed E-state index contributed by atoms with van der Waals surface area (Å²) in [5, 5.41) is 73.2. The molecule has 23 rings (SSSR count). The van der Waals surface area contributed by atoms with Crippen molar-refractivity contribution in [2.24, 2.45) is 5.92 Å². The molecule has 11 N–H and O–H groups in total. The summed E-state index contributed by atoms with van der Waals surface area (Å²) in [4.78, 5) is 88.4.